The molecule has 0 N–H and O–H groups in total. The van der Waals surface area contributed by atoms with Crippen molar-refractivity contribution < 1.29 is 26.7 Å². The Morgan fingerprint density at radius 1 is 1.23 bits per heavy atom. The molecule has 2 heterocycles. The molecule has 0 radical (unpaired) electrons. The molecule has 0 aliphatic rings. The monoisotopic (exact) mass is 324 g/mol. The van der Waals surface area contributed by atoms with Gasteiger partial charge in [-0.25, -0.2) is 4.79 Å². The van der Waals surface area contributed by atoms with Gasteiger partial charge in [-0.2, -0.15) is 31.3 Å². The molecule has 0 spiro atoms. The number of nitrogens with zero attached hydrogens (tertiary/aromatic N) is 6. The van der Waals surface area contributed by atoms with E-state index in [4.69, 9.17) is 0 Å². The van der Waals surface area contributed by atoms with E-state index >= 15 is 0 Å². The molecule has 0 saturated heterocycles. The predicted molar refractivity (Wildman–Crippen MR) is 60.2 cm³/mol. The molecule has 2 rings (SSSR count). The molecule has 2 aromatic heterocycles. The summed E-state index contributed by atoms with van der Waals surface area (Å²) in [6.45, 7) is 1.55. The first-order chi connectivity index (χ1) is 10.2. The average Bonchev–Trinajstić information content (AvgIpc) is 3.06. The van der Waals surface area contributed by atoms with Crippen LogP contribution in [-0.2, 0) is 12.3 Å². The van der Waals surface area contributed by atoms with Crippen LogP contribution >= 0.6 is 0 Å². The quantitative estimate of drug-likeness (QED) is 0.807. The number of alkyl halides is 5. The second-order valence-corrected chi connectivity index (χ2v) is 4.25. The topological polar surface area (TPSA) is 78.5 Å². The minimum atomic E-state index is -5.84. The normalized spacial score (nSPS) is 12.6. The van der Waals surface area contributed by atoms with Crippen LogP contribution in [0.2, 0.25) is 0 Å². The van der Waals surface area contributed by atoms with Crippen LogP contribution in [0.15, 0.2) is 12.4 Å². The molecule has 0 amide bonds. The van der Waals surface area contributed by atoms with Crippen molar-refractivity contribution in [1.82, 2.24) is 30.0 Å². The van der Waals surface area contributed by atoms with Crippen LogP contribution in [0.3, 0.4) is 0 Å². The van der Waals surface area contributed by atoms with Gasteiger partial charge < -0.3 is 0 Å². The van der Waals surface area contributed by atoms with Crippen LogP contribution in [0.5, 0.6) is 0 Å². The number of carbonyl (C=O) groups excluding carboxylic acids is 1. The molecule has 22 heavy (non-hydrogen) atoms. The van der Waals surface area contributed by atoms with Crippen molar-refractivity contribution in [2.45, 2.75) is 31.9 Å². The van der Waals surface area contributed by atoms with Crippen molar-refractivity contribution >= 4 is 6.03 Å². The van der Waals surface area contributed by atoms with Crippen molar-refractivity contribution in [3.8, 4) is 0 Å². The zero-order chi connectivity index (χ0) is 16.5. The largest absolute Gasteiger partial charge is 0.459 e. The van der Waals surface area contributed by atoms with Crippen LogP contribution in [0.25, 0.3) is 0 Å². The molecule has 0 atom stereocenters. The molecule has 0 aliphatic heterocycles. The highest BCUT2D eigenvalue weighted by Gasteiger charge is 2.62. The Morgan fingerprint density at radius 2 is 1.91 bits per heavy atom. The van der Waals surface area contributed by atoms with Gasteiger partial charge in [0.1, 0.15) is 0 Å². The van der Waals surface area contributed by atoms with Crippen LogP contribution in [0.1, 0.15) is 24.7 Å². The molecular weight excluding hydrogens is 315 g/mol. The first-order valence-corrected chi connectivity index (χ1v) is 6.00. The number of carbonyl (C=O) groups is 1. The van der Waals surface area contributed by atoms with Gasteiger partial charge in [0.2, 0.25) is 0 Å². The van der Waals surface area contributed by atoms with E-state index < -0.39 is 29.5 Å². The van der Waals surface area contributed by atoms with Gasteiger partial charge in [0.05, 0.1) is 18.1 Å². The van der Waals surface area contributed by atoms with Gasteiger partial charge in [-0.05, 0) is 6.42 Å². The van der Waals surface area contributed by atoms with Crippen LogP contribution in [-0.4, -0.2) is 42.2 Å². The lowest BCUT2D eigenvalue weighted by atomic mass is 10.1. The molecule has 2 aromatic rings. The fourth-order valence-corrected chi connectivity index (χ4v) is 1.70. The van der Waals surface area contributed by atoms with E-state index in [0.717, 1.165) is 12.4 Å². The molecule has 0 aliphatic carbocycles. The third kappa shape index (κ3) is 2.55. The van der Waals surface area contributed by atoms with Gasteiger partial charge in [0.15, 0.2) is 5.69 Å². The maximum absolute atomic E-state index is 13.5. The van der Waals surface area contributed by atoms with E-state index in [1.54, 1.807) is 6.92 Å². The third-order valence-corrected chi connectivity index (χ3v) is 2.70. The van der Waals surface area contributed by atoms with Gasteiger partial charge in [-0.1, -0.05) is 23.8 Å². The number of aromatic nitrogens is 6. The van der Waals surface area contributed by atoms with Crippen molar-refractivity contribution in [2.75, 3.05) is 0 Å². The zero-order valence-corrected chi connectivity index (χ0v) is 11.1. The Morgan fingerprint density at radius 3 is 2.41 bits per heavy atom. The van der Waals surface area contributed by atoms with Crippen molar-refractivity contribution in [2.24, 2.45) is 0 Å². The maximum atomic E-state index is 13.5. The zero-order valence-electron chi connectivity index (χ0n) is 11.1. The van der Waals surface area contributed by atoms with E-state index in [1.807, 2.05) is 0 Å². The van der Waals surface area contributed by atoms with Gasteiger partial charge in [0, 0.05) is 0 Å². The fraction of sp³-hybridized carbons (Fsp3) is 0.500. The van der Waals surface area contributed by atoms with Crippen molar-refractivity contribution in [1.29, 1.82) is 0 Å². The summed E-state index contributed by atoms with van der Waals surface area (Å²) in [6.07, 6.45) is -3.64. The SMILES string of the molecule is CCCc1c(C(F)(F)C(F)(F)F)nnn1C(=O)n1ccnn1. The molecular formula is C10H9F5N6O. The minimum Gasteiger partial charge on any atom is -0.243 e. The standard InChI is InChI=1S/C10H9F5N6O/c1-2-3-6-7(9(11,12)10(13,14)15)17-19-21(6)8(22)20-5-4-16-18-20/h4-5H,2-3H2,1H3. The van der Waals surface area contributed by atoms with E-state index in [0.29, 0.717) is 9.36 Å². The molecule has 0 aromatic carbocycles. The highest BCUT2D eigenvalue weighted by molar-refractivity contribution is 5.78. The van der Waals surface area contributed by atoms with Gasteiger partial charge in [0.25, 0.3) is 0 Å². The molecule has 12 heteroatoms. The van der Waals surface area contributed by atoms with Crippen LogP contribution in [0.4, 0.5) is 26.7 Å². The molecule has 7 nitrogen and oxygen atoms in total. The summed E-state index contributed by atoms with van der Waals surface area (Å²) < 4.78 is 65.4. The first-order valence-electron chi connectivity index (χ1n) is 6.00. The number of hydrogen-bond acceptors (Lipinski definition) is 5. The molecule has 120 valence electrons. The Balaban J connectivity index is 2.53. The van der Waals surface area contributed by atoms with Gasteiger partial charge >= 0.3 is 18.1 Å². The lowest BCUT2D eigenvalue weighted by Crippen LogP contribution is -2.35. The number of rotatable bonds is 3. The van der Waals surface area contributed by atoms with E-state index in [1.165, 1.54) is 0 Å². The summed E-state index contributed by atoms with van der Waals surface area (Å²) in [5.74, 6) is -5.21. The number of halogens is 5. The van der Waals surface area contributed by atoms with E-state index in [-0.39, 0.29) is 12.8 Å². The summed E-state index contributed by atoms with van der Waals surface area (Å²) in [7, 11) is 0. The highest BCUT2D eigenvalue weighted by atomic mass is 19.4. The van der Waals surface area contributed by atoms with Gasteiger partial charge in [-0.15, -0.1) is 10.2 Å². The van der Waals surface area contributed by atoms with Gasteiger partial charge in [-0.3, -0.25) is 0 Å². The highest BCUT2D eigenvalue weighted by Crippen LogP contribution is 2.44. The smallest absolute Gasteiger partial charge is 0.243 e. The summed E-state index contributed by atoms with van der Waals surface area (Å²) >= 11 is 0. The first kappa shape index (κ1) is 16.0. The average molecular weight is 324 g/mol. The molecule has 0 fully saturated rings. The fourth-order valence-electron chi connectivity index (χ4n) is 1.70. The lowest BCUT2D eigenvalue weighted by Gasteiger charge is -2.18. The van der Waals surface area contributed by atoms with Crippen molar-refractivity contribution in [3.05, 3.63) is 23.8 Å². The van der Waals surface area contributed by atoms with Crippen molar-refractivity contribution in [3.63, 3.8) is 0 Å². The molecule has 0 saturated carbocycles. The second-order valence-electron chi connectivity index (χ2n) is 4.25. The summed E-state index contributed by atoms with van der Waals surface area (Å²) in [5.41, 5.74) is -2.21. The molecule has 0 bridgehead atoms. The third-order valence-electron chi connectivity index (χ3n) is 2.70. The predicted octanol–water partition coefficient (Wildman–Crippen LogP) is 1.99. The number of hydrogen-bond donors (Lipinski definition) is 0. The van der Waals surface area contributed by atoms with E-state index in [9.17, 15) is 26.7 Å². The second kappa shape index (κ2) is 5.42. The summed E-state index contributed by atoms with van der Waals surface area (Å²) in [5, 5.41) is 12.7. The summed E-state index contributed by atoms with van der Waals surface area (Å²) in [4.78, 5) is 12.0. The Labute approximate surface area is 119 Å². The lowest BCUT2D eigenvalue weighted by molar-refractivity contribution is -0.291. The Kier molecular flexibility index (Phi) is 3.94. The van der Waals surface area contributed by atoms with E-state index in [2.05, 4.69) is 20.6 Å². The van der Waals surface area contributed by atoms with Crippen LogP contribution < -0.4 is 0 Å². The Hall–Kier alpha value is -2.40. The Bertz CT molecular complexity index is 662. The summed E-state index contributed by atoms with van der Waals surface area (Å²) in [6, 6.07) is -1.06. The maximum Gasteiger partial charge on any atom is 0.459 e. The molecule has 0 unspecified atom stereocenters. The van der Waals surface area contributed by atoms with Crippen LogP contribution in [0, 0.1) is 0 Å². The minimum absolute atomic E-state index is 0.207.